The normalized spacial score (nSPS) is 12.1. The van der Waals surface area contributed by atoms with Crippen LogP contribution in [0.1, 0.15) is 6.92 Å². The first kappa shape index (κ1) is 14.7. The number of benzene rings is 2. The third-order valence-electron chi connectivity index (χ3n) is 2.81. The molecule has 0 aliphatic rings. The summed E-state index contributed by atoms with van der Waals surface area (Å²) in [6.45, 7) is 1.68. The van der Waals surface area contributed by atoms with Crippen LogP contribution < -0.4 is 10.1 Å². The summed E-state index contributed by atoms with van der Waals surface area (Å²) in [6.07, 6.45) is -0.594. The van der Waals surface area contributed by atoms with E-state index in [0.717, 1.165) is 5.69 Å². The molecule has 0 saturated heterocycles. The number of likely N-dealkylation sites (N-methyl/N-ethyl adjacent to an activating group) is 1. The number of carbonyl (C=O) groups excluding carboxylic acids is 1. The Balaban J connectivity index is 2.17. The van der Waals surface area contributed by atoms with E-state index in [4.69, 9.17) is 4.74 Å². The molecule has 5 nitrogen and oxygen atoms in total. The van der Waals surface area contributed by atoms with Crippen LogP contribution in [0.3, 0.4) is 0 Å². The number of carbonyl (C=O) groups is 1. The van der Waals surface area contributed by atoms with Gasteiger partial charge in [-0.25, -0.2) is 0 Å². The Hall–Kier alpha value is -2.69. The predicted octanol–water partition coefficient (Wildman–Crippen LogP) is 3.62. The summed E-state index contributed by atoms with van der Waals surface area (Å²) < 4.78 is 5.62. The highest BCUT2D eigenvalue weighted by atomic mass is 16.5. The predicted molar refractivity (Wildman–Crippen MR) is 81.2 cm³/mol. The first-order valence-corrected chi connectivity index (χ1v) is 6.65. The maximum absolute atomic E-state index is 11.5. The van der Waals surface area contributed by atoms with Gasteiger partial charge in [0.25, 0.3) is 5.91 Å². The highest BCUT2D eigenvalue weighted by molar-refractivity contribution is 5.80. The van der Waals surface area contributed by atoms with Crippen LogP contribution in [0.2, 0.25) is 0 Å². The topological polar surface area (TPSA) is 63.0 Å². The zero-order chi connectivity index (χ0) is 15.1. The Morgan fingerprint density at radius 2 is 1.71 bits per heavy atom. The highest BCUT2D eigenvalue weighted by Crippen LogP contribution is 2.29. The van der Waals surface area contributed by atoms with Crippen molar-refractivity contribution < 1.29 is 9.53 Å². The van der Waals surface area contributed by atoms with E-state index in [1.54, 1.807) is 26.1 Å². The molecule has 0 bridgehead atoms. The van der Waals surface area contributed by atoms with Crippen LogP contribution in [-0.2, 0) is 4.79 Å². The lowest BCUT2D eigenvalue weighted by Crippen LogP contribution is -2.33. The standard InChI is InChI=1S/C16H17N3O2/c1-12(16(20)17-2)21-15-11-7-6-10-14(15)19-18-13-8-4-3-5-9-13/h3-12H,1-2H3,(H,17,20). The summed E-state index contributed by atoms with van der Waals surface area (Å²) in [5.74, 6) is 0.332. The quantitative estimate of drug-likeness (QED) is 0.852. The molecule has 0 saturated carbocycles. The second-order valence-corrected chi connectivity index (χ2v) is 4.38. The van der Waals surface area contributed by atoms with Gasteiger partial charge in [0.05, 0.1) is 5.69 Å². The number of nitrogens with one attached hydrogen (secondary N) is 1. The van der Waals surface area contributed by atoms with Gasteiger partial charge in [0.1, 0.15) is 11.4 Å². The SMILES string of the molecule is CNC(=O)C(C)Oc1ccccc1N=Nc1ccccc1. The fourth-order valence-corrected chi connectivity index (χ4v) is 1.69. The molecule has 0 radical (unpaired) electrons. The summed E-state index contributed by atoms with van der Waals surface area (Å²) in [5, 5.41) is 10.9. The lowest BCUT2D eigenvalue weighted by atomic mass is 10.3. The van der Waals surface area contributed by atoms with E-state index >= 15 is 0 Å². The lowest BCUT2D eigenvalue weighted by Gasteiger charge is -2.14. The first-order chi connectivity index (χ1) is 10.2. The van der Waals surface area contributed by atoms with Gasteiger partial charge in [-0.15, -0.1) is 5.11 Å². The summed E-state index contributed by atoms with van der Waals surface area (Å²) >= 11 is 0. The number of azo groups is 1. The minimum atomic E-state index is -0.594. The van der Waals surface area contributed by atoms with Gasteiger partial charge < -0.3 is 10.1 Å². The molecule has 0 aliphatic carbocycles. The van der Waals surface area contributed by atoms with Gasteiger partial charge in [0.2, 0.25) is 0 Å². The maximum atomic E-state index is 11.5. The molecule has 1 amide bonds. The second kappa shape index (κ2) is 7.19. The zero-order valence-corrected chi connectivity index (χ0v) is 12.0. The van der Waals surface area contributed by atoms with E-state index in [9.17, 15) is 4.79 Å². The zero-order valence-electron chi connectivity index (χ0n) is 12.0. The monoisotopic (exact) mass is 283 g/mol. The summed E-state index contributed by atoms with van der Waals surface area (Å²) in [7, 11) is 1.57. The van der Waals surface area contributed by atoms with Crippen molar-refractivity contribution in [3.05, 3.63) is 54.6 Å². The molecule has 1 N–H and O–H groups in total. The van der Waals surface area contributed by atoms with Crippen molar-refractivity contribution in [2.45, 2.75) is 13.0 Å². The Bertz CT molecular complexity index is 626. The molecule has 108 valence electrons. The molecule has 0 fully saturated rings. The van der Waals surface area contributed by atoms with Gasteiger partial charge in [-0.2, -0.15) is 5.11 Å². The van der Waals surface area contributed by atoms with E-state index in [0.29, 0.717) is 11.4 Å². The lowest BCUT2D eigenvalue weighted by molar-refractivity contribution is -0.126. The van der Waals surface area contributed by atoms with Crippen LogP contribution >= 0.6 is 0 Å². The van der Waals surface area contributed by atoms with Gasteiger partial charge in [0, 0.05) is 7.05 Å². The Kier molecular flexibility index (Phi) is 5.04. The number of hydrogen-bond donors (Lipinski definition) is 1. The molecule has 0 heterocycles. The van der Waals surface area contributed by atoms with Gasteiger partial charge in [-0.1, -0.05) is 30.3 Å². The van der Waals surface area contributed by atoms with E-state index in [1.165, 1.54) is 0 Å². The van der Waals surface area contributed by atoms with Crippen LogP contribution in [0.4, 0.5) is 11.4 Å². The van der Waals surface area contributed by atoms with E-state index in [-0.39, 0.29) is 5.91 Å². The second-order valence-electron chi connectivity index (χ2n) is 4.38. The van der Waals surface area contributed by atoms with Gasteiger partial charge >= 0.3 is 0 Å². The minimum absolute atomic E-state index is 0.190. The summed E-state index contributed by atoms with van der Waals surface area (Å²) in [6, 6.07) is 16.7. The minimum Gasteiger partial charge on any atom is -0.479 e. The fraction of sp³-hybridized carbons (Fsp3) is 0.188. The summed E-state index contributed by atoms with van der Waals surface area (Å²) in [4.78, 5) is 11.5. The largest absolute Gasteiger partial charge is 0.479 e. The molecule has 2 aromatic carbocycles. The van der Waals surface area contributed by atoms with E-state index in [1.807, 2.05) is 42.5 Å². The molecular formula is C16H17N3O2. The molecule has 1 unspecified atom stereocenters. The van der Waals surface area contributed by atoms with Gasteiger partial charge in [0.15, 0.2) is 6.10 Å². The molecule has 5 heteroatoms. The van der Waals surface area contributed by atoms with Crippen molar-refractivity contribution in [3.8, 4) is 5.75 Å². The number of amides is 1. The van der Waals surface area contributed by atoms with E-state index in [2.05, 4.69) is 15.5 Å². The van der Waals surface area contributed by atoms with Crippen LogP contribution in [0, 0.1) is 0 Å². The average molecular weight is 283 g/mol. The number of nitrogens with zero attached hydrogens (tertiary/aromatic N) is 2. The van der Waals surface area contributed by atoms with Crippen molar-refractivity contribution in [1.82, 2.24) is 5.32 Å². The van der Waals surface area contributed by atoms with Crippen molar-refractivity contribution in [3.63, 3.8) is 0 Å². The molecule has 21 heavy (non-hydrogen) atoms. The van der Waals surface area contributed by atoms with Crippen LogP contribution in [-0.4, -0.2) is 19.1 Å². The molecule has 0 aromatic heterocycles. The van der Waals surface area contributed by atoms with Crippen molar-refractivity contribution in [2.75, 3.05) is 7.05 Å². The Morgan fingerprint density at radius 3 is 2.43 bits per heavy atom. The van der Waals surface area contributed by atoms with Crippen molar-refractivity contribution in [2.24, 2.45) is 10.2 Å². The van der Waals surface area contributed by atoms with Gasteiger partial charge in [-0.3, -0.25) is 4.79 Å². The van der Waals surface area contributed by atoms with E-state index < -0.39 is 6.10 Å². The molecule has 0 aliphatic heterocycles. The first-order valence-electron chi connectivity index (χ1n) is 6.65. The van der Waals surface area contributed by atoms with Crippen LogP contribution in [0.25, 0.3) is 0 Å². The molecular weight excluding hydrogens is 266 g/mol. The third kappa shape index (κ3) is 4.14. The van der Waals surface area contributed by atoms with Crippen LogP contribution in [0.5, 0.6) is 5.75 Å². The van der Waals surface area contributed by atoms with Crippen molar-refractivity contribution >= 4 is 17.3 Å². The van der Waals surface area contributed by atoms with Gasteiger partial charge in [-0.05, 0) is 31.2 Å². The molecule has 2 aromatic rings. The highest BCUT2D eigenvalue weighted by Gasteiger charge is 2.14. The molecule has 2 rings (SSSR count). The molecule has 0 spiro atoms. The number of ether oxygens (including phenoxy) is 1. The number of hydrogen-bond acceptors (Lipinski definition) is 4. The smallest absolute Gasteiger partial charge is 0.260 e. The maximum Gasteiger partial charge on any atom is 0.260 e. The Labute approximate surface area is 123 Å². The Morgan fingerprint density at radius 1 is 1.05 bits per heavy atom. The summed E-state index contributed by atoms with van der Waals surface area (Å²) in [5.41, 5.74) is 1.34. The van der Waals surface area contributed by atoms with Crippen molar-refractivity contribution in [1.29, 1.82) is 0 Å². The average Bonchev–Trinajstić information content (AvgIpc) is 2.54. The number of rotatable bonds is 5. The van der Waals surface area contributed by atoms with Crippen LogP contribution in [0.15, 0.2) is 64.8 Å². The third-order valence-corrected chi connectivity index (χ3v) is 2.81. The number of para-hydroxylation sites is 1. The molecule has 1 atom stereocenters. The fourth-order valence-electron chi connectivity index (χ4n) is 1.69.